The van der Waals surface area contributed by atoms with Crippen molar-refractivity contribution < 1.29 is 32.0 Å². The lowest BCUT2D eigenvalue weighted by Gasteiger charge is -2.33. The monoisotopic (exact) mass is 292 g/mol. The number of carbonyl (C=O) groups is 2. The standard InChI is InChI=1S/C11H16O7S/c1-7-4-8-5-9(12)18-11(7,6-8)10(13)17-2-3-19(14,15)16/h7-8H,2-6H2,1H3,(H,14,15,16). The van der Waals surface area contributed by atoms with Gasteiger partial charge in [0.2, 0.25) is 5.60 Å². The number of fused-ring (bicyclic) bond motifs is 2. The zero-order valence-electron chi connectivity index (χ0n) is 10.5. The zero-order valence-corrected chi connectivity index (χ0v) is 11.3. The molecule has 19 heavy (non-hydrogen) atoms. The van der Waals surface area contributed by atoms with Crippen molar-refractivity contribution in [3.8, 4) is 0 Å². The van der Waals surface area contributed by atoms with E-state index in [2.05, 4.69) is 0 Å². The van der Waals surface area contributed by atoms with Crippen molar-refractivity contribution in [1.82, 2.24) is 0 Å². The second-order valence-corrected chi connectivity index (χ2v) is 6.77. The first kappa shape index (κ1) is 14.3. The maximum atomic E-state index is 12.0. The minimum atomic E-state index is -4.18. The van der Waals surface area contributed by atoms with Crippen LogP contribution in [0.2, 0.25) is 0 Å². The largest absolute Gasteiger partial charge is 0.462 e. The number of hydrogen-bond acceptors (Lipinski definition) is 6. The van der Waals surface area contributed by atoms with E-state index in [1.807, 2.05) is 6.92 Å². The molecule has 2 fully saturated rings. The maximum absolute atomic E-state index is 12.0. The summed E-state index contributed by atoms with van der Waals surface area (Å²) in [4.78, 5) is 23.5. The van der Waals surface area contributed by atoms with E-state index in [1.165, 1.54) is 0 Å². The topological polar surface area (TPSA) is 107 Å². The molecular formula is C11H16O7S. The van der Waals surface area contributed by atoms with E-state index in [4.69, 9.17) is 14.0 Å². The van der Waals surface area contributed by atoms with Crippen LogP contribution in [0.4, 0.5) is 0 Å². The van der Waals surface area contributed by atoms with Crippen LogP contribution in [0.25, 0.3) is 0 Å². The van der Waals surface area contributed by atoms with Crippen LogP contribution in [0.15, 0.2) is 0 Å². The first-order valence-corrected chi connectivity index (χ1v) is 7.68. The Morgan fingerprint density at radius 2 is 2.26 bits per heavy atom. The quantitative estimate of drug-likeness (QED) is 0.580. The summed E-state index contributed by atoms with van der Waals surface area (Å²) in [5.74, 6) is -1.85. The molecular weight excluding hydrogens is 276 g/mol. The summed E-state index contributed by atoms with van der Waals surface area (Å²) in [5.41, 5.74) is -1.28. The minimum absolute atomic E-state index is 0.116. The molecule has 1 saturated heterocycles. The lowest BCUT2D eigenvalue weighted by molar-refractivity contribution is -0.190. The van der Waals surface area contributed by atoms with E-state index in [0.29, 0.717) is 19.3 Å². The summed E-state index contributed by atoms with van der Waals surface area (Å²) in [6, 6.07) is 0. The van der Waals surface area contributed by atoms with Gasteiger partial charge in [-0.2, -0.15) is 8.42 Å². The van der Waals surface area contributed by atoms with Crippen LogP contribution >= 0.6 is 0 Å². The molecule has 3 unspecified atom stereocenters. The van der Waals surface area contributed by atoms with Crippen molar-refractivity contribution in [3.05, 3.63) is 0 Å². The van der Waals surface area contributed by atoms with Gasteiger partial charge in [-0.3, -0.25) is 9.35 Å². The van der Waals surface area contributed by atoms with Gasteiger partial charge in [-0.05, 0) is 12.3 Å². The van der Waals surface area contributed by atoms with Gasteiger partial charge in [-0.25, -0.2) is 4.79 Å². The average Bonchev–Trinajstić information content (AvgIpc) is 2.48. The molecule has 0 aromatic carbocycles. The van der Waals surface area contributed by atoms with E-state index in [-0.39, 0.29) is 11.8 Å². The van der Waals surface area contributed by atoms with Crippen molar-refractivity contribution in [2.75, 3.05) is 12.4 Å². The Morgan fingerprint density at radius 3 is 2.89 bits per heavy atom. The van der Waals surface area contributed by atoms with E-state index < -0.39 is 40.0 Å². The molecule has 0 radical (unpaired) electrons. The highest BCUT2D eigenvalue weighted by atomic mass is 32.2. The van der Waals surface area contributed by atoms with E-state index >= 15 is 0 Å². The summed E-state index contributed by atoms with van der Waals surface area (Å²) in [5, 5.41) is 0. The minimum Gasteiger partial charge on any atom is -0.462 e. The molecule has 0 spiro atoms. The molecule has 108 valence electrons. The molecule has 7 nitrogen and oxygen atoms in total. The van der Waals surface area contributed by atoms with Crippen LogP contribution in [0.5, 0.6) is 0 Å². The highest BCUT2D eigenvalue weighted by Crippen LogP contribution is 2.48. The van der Waals surface area contributed by atoms with Gasteiger partial charge < -0.3 is 9.47 Å². The highest BCUT2D eigenvalue weighted by Gasteiger charge is 2.58. The van der Waals surface area contributed by atoms with Crippen molar-refractivity contribution >= 4 is 22.1 Å². The highest BCUT2D eigenvalue weighted by molar-refractivity contribution is 7.85. The zero-order chi connectivity index (χ0) is 14.3. The normalized spacial score (nSPS) is 33.9. The van der Waals surface area contributed by atoms with Crippen molar-refractivity contribution in [3.63, 3.8) is 0 Å². The van der Waals surface area contributed by atoms with Gasteiger partial charge >= 0.3 is 11.9 Å². The van der Waals surface area contributed by atoms with Crippen LogP contribution in [0.3, 0.4) is 0 Å². The molecule has 0 aromatic rings. The SMILES string of the molecule is CC1CC2CC(=O)OC1(C(=O)OCCS(=O)(=O)O)C2. The molecule has 0 amide bonds. The van der Waals surface area contributed by atoms with Crippen LogP contribution in [0.1, 0.15) is 26.2 Å². The summed E-state index contributed by atoms with van der Waals surface area (Å²) >= 11 is 0. The maximum Gasteiger partial charge on any atom is 0.350 e. The number of esters is 2. The molecule has 8 heteroatoms. The molecule has 2 aliphatic rings. The molecule has 1 saturated carbocycles. The molecule has 3 atom stereocenters. The Kier molecular flexibility index (Phi) is 3.57. The Balaban J connectivity index is 2.03. The molecule has 1 N–H and O–H groups in total. The molecule has 1 aliphatic heterocycles. The Morgan fingerprint density at radius 1 is 1.58 bits per heavy atom. The number of carbonyl (C=O) groups excluding carboxylic acids is 2. The number of ether oxygens (including phenoxy) is 2. The fraction of sp³-hybridized carbons (Fsp3) is 0.818. The summed E-state index contributed by atoms with van der Waals surface area (Å²) in [6.07, 6.45) is 1.44. The molecule has 0 aromatic heterocycles. The molecule has 1 heterocycles. The number of rotatable bonds is 4. The Bertz CT molecular complexity index is 497. The van der Waals surface area contributed by atoms with Gasteiger partial charge in [0.1, 0.15) is 12.4 Å². The van der Waals surface area contributed by atoms with Crippen LogP contribution < -0.4 is 0 Å². The predicted octanol–water partition coefficient (Wildman–Crippen LogP) is 0.149. The van der Waals surface area contributed by atoms with Crippen molar-refractivity contribution in [1.29, 1.82) is 0 Å². The Labute approximate surface area is 111 Å². The van der Waals surface area contributed by atoms with Gasteiger partial charge in [0.05, 0.1) is 0 Å². The molecule has 2 bridgehead atoms. The van der Waals surface area contributed by atoms with Gasteiger partial charge in [-0.15, -0.1) is 0 Å². The van der Waals surface area contributed by atoms with E-state index in [0.717, 1.165) is 0 Å². The van der Waals surface area contributed by atoms with Crippen molar-refractivity contribution in [2.24, 2.45) is 11.8 Å². The smallest absolute Gasteiger partial charge is 0.350 e. The summed E-state index contributed by atoms with van der Waals surface area (Å²) in [6.45, 7) is 1.36. The summed E-state index contributed by atoms with van der Waals surface area (Å²) in [7, 11) is -4.18. The lowest BCUT2D eigenvalue weighted by Crippen LogP contribution is -2.49. The van der Waals surface area contributed by atoms with E-state index in [9.17, 15) is 18.0 Å². The third-order valence-electron chi connectivity index (χ3n) is 3.75. The van der Waals surface area contributed by atoms with Gasteiger partial charge in [-0.1, -0.05) is 6.92 Å². The van der Waals surface area contributed by atoms with Gasteiger partial charge in [0.25, 0.3) is 10.1 Å². The van der Waals surface area contributed by atoms with E-state index in [1.54, 1.807) is 0 Å². The summed E-state index contributed by atoms with van der Waals surface area (Å²) < 4.78 is 39.7. The average molecular weight is 292 g/mol. The van der Waals surface area contributed by atoms with Crippen LogP contribution in [-0.2, 0) is 29.2 Å². The molecule has 2 rings (SSSR count). The second kappa shape index (κ2) is 4.75. The van der Waals surface area contributed by atoms with Gasteiger partial charge in [0, 0.05) is 18.8 Å². The Hall–Kier alpha value is -1.15. The lowest BCUT2D eigenvalue weighted by atomic mass is 9.90. The third kappa shape index (κ3) is 2.89. The van der Waals surface area contributed by atoms with Crippen LogP contribution in [-0.4, -0.2) is 42.9 Å². The first-order valence-electron chi connectivity index (χ1n) is 6.07. The third-order valence-corrected chi connectivity index (χ3v) is 4.43. The van der Waals surface area contributed by atoms with Gasteiger partial charge in [0.15, 0.2) is 0 Å². The predicted molar refractivity (Wildman–Crippen MR) is 62.7 cm³/mol. The second-order valence-electron chi connectivity index (χ2n) is 5.20. The van der Waals surface area contributed by atoms with Crippen molar-refractivity contribution in [2.45, 2.75) is 31.8 Å². The molecule has 1 aliphatic carbocycles. The first-order chi connectivity index (χ1) is 8.73. The fourth-order valence-corrected chi connectivity index (χ4v) is 3.16. The fourth-order valence-electron chi connectivity index (χ4n) is 2.87. The number of hydrogen-bond donors (Lipinski definition) is 1. The van der Waals surface area contributed by atoms with Crippen LogP contribution in [0, 0.1) is 11.8 Å².